The van der Waals surface area contributed by atoms with Gasteiger partial charge >= 0.3 is 0 Å². The molecule has 144 valence electrons. The van der Waals surface area contributed by atoms with E-state index in [9.17, 15) is 5.11 Å². The largest absolute Gasteiger partial charge is 0.389 e. The SMILES string of the molecule is CCC(/C=C(\C)c1ccccc1)C(O)(Cc1ccccc1)Cc1ccccc1. The topological polar surface area (TPSA) is 20.2 Å². The molecular weight excluding hydrogens is 340 g/mol. The molecule has 1 nitrogen and oxygen atoms in total. The first-order valence-electron chi connectivity index (χ1n) is 10.1. The fraction of sp³-hybridized carbons (Fsp3) is 0.259. The maximum atomic E-state index is 11.9. The first-order chi connectivity index (χ1) is 13.6. The minimum atomic E-state index is -0.840. The number of rotatable bonds is 8. The van der Waals surface area contributed by atoms with Gasteiger partial charge in [-0.2, -0.15) is 0 Å². The fourth-order valence-electron chi connectivity index (χ4n) is 3.98. The maximum absolute atomic E-state index is 11.9. The molecule has 0 heterocycles. The summed E-state index contributed by atoms with van der Waals surface area (Å²) in [6.45, 7) is 4.31. The molecule has 0 bridgehead atoms. The first kappa shape index (κ1) is 20.1. The first-order valence-corrected chi connectivity index (χ1v) is 10.1. The van der Waals surface area contributed by atoms with Crippen LogP contribution in [0.15, 0.2) is 97.1 Å². The van der Waals surface area contributed by atoms with Crippen LogP contribution < -0.4 is 0 Å². The van der Waals surface area contributed by atoms with Gasteiger partial charge in [0.25, 0.3) is 0 Å². The molecule has 0 aliphatic carbocycles. The summed E-state index contributed by atoms with van der Waals surface area (Å²) in [7, 11) is 0. The molecule has 0 aromatic heterocycles. The van der Waals surface area contributed by atoms with Crippen molar-refractivity contribution < 1.29 is 5.11 Å². The monoisotopic (exact) mass is 370 g/mol. The Labute approximate surface area is 169 Å². The van der Waals surface area contributed by atoms with Crippen molar-refractivity contribution in [2.75, 3.05) is 0 Å². The smallest absolute Gasteiger partial charge is 0.0790 e. The molecule has 1 heteroatoms. The minimum Gasteiger partial charge on any atom is -0.389 e. The molecular formula is C27H30O. The van der Waals surface area contributed by atoms with Crippen molar-refractivity contribution in [3.8, 4) is 0 Å². The standard InChI is InChI=1S/C27H30O/c1-3-26(19-22(2)25-17-11-6-12-18-25)27(28,20-23-13-7-4-8-14-23)21-24-15-9-5-10-16-24/h4-19,26,28H,3,20-21H2,1-2H3/b22-19+. The van der Waals surface area contributed by atoms with Crippen LogP contribution in [-0.4, -0.2) is 10.7 Å². The van der Waals surface area contributed by atoms with Crippen LogP contribution in [0.3, 0.4) is 0 Å². The van der Waals surface area contributed by atoms with Gasteiger partial charge in [-0.1, -0.05) is 104 Å². The van der Waals surface area contributed by atoms with Gasteiger partial charge in [0, 0.05) is 18.8 Å². The van der Waals surface area contributed by atoms with E-state index in [-0.39, 0.29) is 5.92 Å². The summed E-state index contributed by atoms with van der Waals surface area (Å²) in [4.78, 5) is 0. The zero-order chi connectivity index (χ0) is 19.8. The van der Waals surface area contributed by atoms with E-state index in [0.29, 0.717) is 12.8 Å². The molecule has 3 rings (SSSR count). The van der Waals surface area contributed by atoms with Gasteiger partial charge in [0.2, 0.25) is 0 Å². The van der Waals surface area contributed by atoms with Crippen LogP contribution in [0.5, 0.6) is 0 Å². The van der Waals surface area contributed by atoms with Crippen molar-refractivity contribution in [2.45, 2.75) is 38.7 Å². The summed E-state index contributed by atoms with van der Waals surface area (Å²) in [6.07, 6.45) is 4.43. The number of allylic oxidation sites excluding steroid dienone is 1. The molecule has 3 aromatic rings. The van der Waals surface area contributed by atoms with Gasteiger partial charge in [-0.15, -0.1) is 0 Å². The molecule has 0 aliphatic heterocycles. The molecule has 0 amide bonds. The van der Waals surface area contributed by atoms with Crippen molar-refractivity contribution in [1.29, 1.82) is 0 Å². The Morgan fingerprint density at radius 2 is 1.21 bits per heavy atom. The summed E-state index contributed by atoms with van der Waals surface area (Å²) in [5.74, 6) is 0.0631. The highest BCUT2D eigenvalue weighted by atomic mass is 16.3. The van der Waals surface area contributed by atoms with Gasteiger partial charge in [-0.3, -0.25) is 0 Å². The molecule has 1 atom stereocenters. The second kappa shape index (κ2) is 9.52. The predicted molar refractivity (Wildman–Crippen MR) is 119 cm³/mol. The van der Waals surface area contributed by atoms with E-state index in [1.54, 1.807) is 0 Å². The van der Waals surface area contributed by atoms with E-state index in [0.717, 1.165) is 6.42 Å². The molecule has 3 aromatic carbocycles. The Bertz CT molecular complexity index is 824. The number of hydrogen-bond donors (Lipinski definition) is 1. The zero-order valence-electron chi connectivity index (χ0n) is 16.9. The van der Waals surface area contributed by atoms with Gasteiger partial charge < -0.3 is 5.11 Å². The summed E-state index contributed by atoms with van der Waals surface area (Å²) < 4.78 is 0. The average Bonchev–Trinajstić information content (AvgIpc) is 2.73. The van der Waals surface area contributed by atoms with Crippen LogP contribution in [0.2, 0.25) is 0 Å². The maximum Gasteiger partial charge on any atom is 0.0790 e. The van der Waals surface area contributed by atoms with Crippen molar-refractivity contribution in [2.24, 2.45) is 5.92 Å². The highest BCUT2D eigenvalue weighted by molar-refractivity contribution is 5.63. The Balaban J connectivity index is 1.95. The summed E-state index contributed by atoms with van der Waals surface area (Å²) >= 11 is 0. The van der Waals surface area contributed by atoms with Crippen LogP contribution in [0.1, 0.15) is 37.0 Å². The van der Waals surface area contributed by atoms with Crippen molar-refractivity contribution in [3.63, 3.8) is 0 Å². The summed E-state index contributed by atoms with van der Waals surface area (Å²) in [6, 6.07) is 31.1. The van der Waals surface area contributed by atoms with Crippen molar-refractivity contribution in [1.82, 2.24) is 0 Å². The van der Waals surface area contributed by atoms with Crippen LogP contribution >= 0.6 is 0 Å². The highest BCUT2D eigenvalue weighted by Gasteiger charge is 2.35. The minimum absolute atomic E-state index is 0.0631. The Hall–Kier alpha value is -2.64. The van der Waals surface area contributed by atoms with Gasteiger partial charge in [0.05, 0.1) is 5.60 Å². The molecule has 0 spiro atoms. The number of benzene rings is 3. The van der Waals surface area contributed by atoms with Gasteiger partial charge in [-0.05, 0) is 35.6 Å². The average molecular weight is 371 g/mol. The predicted octanol–water partition coefficient (Wildman–Crippen LogP) is 6.33. The van der Waals surface area contributed by atoms with Crippen LogP contribution in [0, 0.1) is 5.92 Å². The number of aliphatic hydroxyl groups is 1. The van der Waals surface area contributed by atoms with E-state index in [1.807, 2.05) is 42.5 Å². The fourth-order valence-corrected chi connectivity index (χ4v) is 3.98. The molecule has 1 unspecified atom stereocenters. The Kier molecular flexibility index (Phi) is 6.84. The molecule has 0 radical (unpaired) electrons. The lowest BCUT2D eigenvalue weighted by Crippen LogP contribution is -2.41. The quantitative estimate of drug-likeness (QED) is 0.491. The highest BCUT2D eigenvalue weighted by Crippen LogP contribution is 2.32. The Morgan fingerprint density at radius 1 is 0.786 bits per heavy atom. The van der Waals surface area contributed by atoms with E-state index in [2.05, 4.69) is 68.5 Å². The Morgan fingerprint density at radius 3 is 1.64 bits per heavy atom. The third kappa shape index (κ3) is 5.21. The summed E-state index contributed by atoms with van der Waals surface area (Å²) in [5.41, 5.74) is 3.93. The van der Waals surface area contributed by atoms with E-state index < -0.39 is 5.60 Å². The molecule has 1 N–H and O–H groups in total. The molecule has 0 fully saturated rings. The van der Waals surface area contributed by atoms with Gasteiger partial charge in [-0.25, -0.2) is 0 Å². The third-order valence-corrected chi connectivity index (χ3v) is 5.52. The lowest BCUT2D eigenvalue weighted by atomic mass is 9.75. The van der Waals surface area contributed by atoms with E-state index in [4.69, 9.17) is 0 Å². The number of hydrogen-bond acceptors (Lipinski definition) is 1. The van der Waals surface area contributed by atoms with E-state index in [1.165, 1.54) is 22.3 Å². The third-order valence-electron chi connectivity index (χ3n) is 5.52. The van der Waals surface area contributed by atoms with E-state index >= 15 is 0 Å². The van der Waals surface area contributed by atoms with Gasteiger partial charge in [0.15, 0.2) is 0 Å². The van der Waals surface area contributed by atoms with Gasteiger partial charge in [0.1, 0.15) is 0 Å². The van der Waals surface area contributed by atoms with Crippen molar-refractivity contribution >= 4 is 5.57 Å². The summed E-state index contributed by atoms with van der Waals surface area (Å²) in [5, 5.41) is 11.9. The van der Waals surface area contributed by atoms with Crippen LogP contribution in [-0.2, 0) is 12.8 Å². The zero-order valence-corrected chi connectivity index (χ0v) is 16.9. The lowest BCUT2D eigenvalue weighted by Gasteiger charge is -2.35. The molecule has 0 aliphatic rings. The normalized spacial score (nSPS) is 13.3. The molecule has 0 saturated heterocycles. The molecule has 0 saturated carbocycles. The van der Waals surface area contributed by atoms with Crippen molar-refractivity contribution in [3.05, 3.63) is 114 Å². The molecule has 28 heavy (non-hydrogen) atoms. The van der Waals surface area contributed by atoms with Crippen LogP contribution in [0.4, 0.5) is 0 Å². The van der Waals surface area contributed by atoms with Crippen LogP contribution in [0.25, 0.3) is 5.57 Å². The second-order valence-electron chi connectivity index (χ2n) is 7.66. The second-order valence-corrected chi connectivity index (χ2v) is 7.66. The lowest BCUT2D eigenvalue weighted by molar-refractivity contribution is -0.00139.